The van der Waals surface area contributed by atoms with Crippen molar-refractivity contribution < 1.29 is 4.79 Å². The molecule has 0 radical (unpaired) electrons. The van der Waals surface area contributed by atoms with E-state index in [1.807, 2.05) is 18.7 Å². The second-order valence-electron chi connectivity index (χ2n) is 4.67. The van der Waals surface area contributed by atoms with E-state index in [1.165, 1.54) is 0 Å². The highest BCUT2D eigenvalue weighted by molar-refractivity contribution is 6.31. The molecule has 2 rings (SSSR count). The minimum absolute atomic E-state index is 0.00289. The molecule has 92 valence electrons. The number of nitrogens with two attached hydrogens (primary N) is 1. The van der Waals surface area contributed by atoms with Crippen LogP contribution in [-0.2, 0) is 4.79 Å². The molecule has 3 N–H and O–H groups in total. The molecular weight excluding hydrogens is 238 g/mol. The van der Waals surface area contributed by atoms with Crippen molar-refractivity contribution in [2.75, 3.05) is 23.7 Å². The fourth-order valence-corrected chi connectivity index (χ4v) is 2.24. The maximum Gasteiger partial charge on any atom is 0.245 e. The minimum Gasteiger partial charge on any atom is -0.397 e. The summed E-state index contributed by atoms with van der Waals surface area (Å²) in [7, 11) is 0. The normalized spacial score (nSPS) is 19.0. The number of carbonyl (C=O) groups is 1. The molecule has 0 aliphatic carbocycles. The molecule has 5 heteroatoms. The van der Waals surface area contributed by atoms with Gasteiger partial charge in [-0.1, -0.05) is 11.6 Å². The van der Waals surface area contributed by atoms with Gasteiger partial charge in [-0.25, -0.2) is 0 Å². The summed E-state index contributed by atoms with van der Waals surface area (Å²) >= 11 is 5.98. The zero-order valence-electron chi connectivity index (χ0n) is 9.96. The molecule has 1 aliphatic heterocycles. The number of piperazine rings is 1. The van der Waals surface area contributed by atoms with Gasteiger partial charge in [-0.15, -0.1) is 0 Å². The summed E-state index contributed by atoms with van der Waals surface area (Å²) in [5, 5.41) is 3.47. The third-order valence-corrected chi connectivity index (χ3v) is 3.37. The highest BCUT2D eigenvalue weighted by Gasteiger charge is 2.38. The Balaban J connectivity index is 2.44. The second-order valence-corrected chi connectivity index (χ2v) is 5.11. The molecule has 0 atom stereocenters. The predicted molar refractivity (Wildman–Crippen MR) is 70.3 cm³/mol. The second kappa shape index (κ2) is 4.11. The van der Waals surface area contributed by atoms with E-state index in [1.54, 1.807) is 18.2 Å². The Kier molecular flexibility index (Phi) is 2.91. The van der Waals surface area contributed by atoms with Crippen LogP contribution in [0.15, 0.2) is 18.2 Å². The lowest BCUT2D eigenvalue weighted by Crippen LogP contribution is -2.62. The maximum atomic E-state index is 11.9. The zero-order chi connectivity index (χ0) is 12.6. The smallest absolute Gasteiger partial charge is 0.245 e. The van der Waals surface area contributed by atoms with Crippen molar-refractivity contribution in [3.8, 4) is 0 Å². The molecule has 1 aromatic rings. The van der Waals surface area contributed by atoms with Gasteiger partial charge >= 0.3 is 0 Å². The van der Waals surface area contributed by atoms with Crippen molar-refractivity contribution in [3.63, 3.8) is 0 Å². The number of hydrogen-bond acceptors (Lipinski definition) is 3. The summed E-state index contributed by atoms with van der Waals surface area (Å²) < 4.78 is 0. The largest absolute Gasteiger partial charge is 0.397 e. The van der Waals surface area contributed by atoms with Gasteiger partial charge in [-0.05, 0) is 32.0 Å². The molecule has 1 aliphatic rings. The van der Waals surface area contributed by atoms with Gasteiger partial charge in [0, 0.05) is 18.1 Å². The molecule has 0 aromatic heterocycles. The molecule has 1 saturated heterocycles. The first kappa shape index (κ1) is 12.0. The number of anilines is 2. The van der Waals surface area contributed by atoms with Gasteiger partial charge in [-0.2, -0.15) is 0 Å². The lowest BCUT2D eigenvalue weighted by molar-refractivity contribution is -0.126. The lowest BCUT2D eigenvalue weighted by Gasteiger charge is -2.43. The van der Waals surface area contributed by atoms with Crippen LogP contribution in [0.4, 0.5) is 11.4 Å². The third kappa shape index (κ3) is 2.05. The molecule has 1 heterocycles. The van der Waals surface area contributed by atoms with E-state index in [4.69, 9.17) is 17.3 Å². The van der Waals surface area contributed by atoms with E-state index >= 15 is 0 Å². The number of nitrogens with zero attached hydrogens (tertiary/aromatic N) is 1. The van der Waals surface area contributed by atoms with Crippen molar-refractivity contribution in [3.05, 3.63) is 23.2 Å². The number of rotatable bonds is 1. The van der Waals surface area contributed by atoms with Gasteiger partial charge in [0.05, 0.1) is 11.4 Å². The average molecular weight is 254 g/mol. The van der Waals surface area contributed by atoms with Gasteiger partial charge in [0.25, 0.3) is 0 Å². The monoisotopic (exact) mass is 253 g/mol. The first-order valence-corrected chi connectivity index (χ1v) is 5.91. The highest BCUT2D eigenvalue weighted by Crippen LogP contribution is 2.32. The van der Waals surface area contributed by atoms with Crippen molar-refractivity contribution >= 4 is 28.9 Å². The molecular formula is C12H16ClN3O. The first-order valence-electron chi connectivity index (χ1n) is 5.54. The molecule has 4 nitrogen and oxygen atoms in total. The summed E-state index contributed by atoms with van der Waals surface area (Å²) in [6.45, 7) is 5.10. The summed E-state index contributed by atoms with van der Waals surface area (Å²) in [4.78, 5) is 13.9. The standard InChI is InChI=1S/C12H16ClN3O/c1-12(2)11(17)15-5-6-16(12)10-7-8(13)3-4-9(10)14/h3-4,7H,5-6,14H2,1-2H3,(H,15,17). The molecule has 17 heavy (non-hydrogen) atoms. The highest BCUT2D eigenvalue weighted by atomic mass is 35.5. The van der Waals surface area contributed by atoms with E-state index < -0.39 is 5.54 Å². The van der Waals surface area contributed by atoms with Gasteiger partial charge < -0.3 is 16.0 Å². The van der Waals surface area contributed by atoms with E-state index in [0.29, 0.717) is 17.3 Å². The average Bonchev–Trinajstić information content (AvgIpc) is 2.26. The Labute approximate surface area is 106 Å². The van der Waals surface area contributed by atoms with E-state index in [2.05, 4.69) is 5.32 Å². The number of nitrogen functional groups attached to an aromatic ring is 1. The van der Waals surface area contributed by atoms with Gasteiger partial charge in [-0.3, -0.25) is 4.79 Å². The van der Waals surface area contributed by atoms with E-state index in [0.717, 1.165) is 12.2 Å². The maximum absolute atomic E-state index is 11.9. The number of carbonyl (C=O) groups excluding carboxylic acids is 1. The number of nitrogens with one attached hydrogen (secondary N) is 1. The molecule has 1 fully saturated rings. The van der Waals surface area contributed by atoms with Crippen molar-refractivity contribution in [1.29, 1.82) is 0 Å². The fraction of sp³-hybridized carbons (Fsp3) is 0.417. The topological polar surface area (TPSA) is 58.4 Å². The molecule has 0 saturated carbocycles. The Morgan fingerprint density at radius 2 is 2.18 bits per heavy atom. The van der Waals surface area contributed by atoms with Crippen LogP contribution in [-0.4, -0.2) is 24.5 Å². The number of hydrogen-bond donors (Lipinski definition) is 2. The lowest BCUT2D eigenvalue weighted by atomic mass is 9.97. The summed E-state index contributed by atoms with van der Waals surface area (Å²) in [6.07, 6.45) is 0. The number of benzene rings is 1. The zero-order valence-corrected chi connectivity index (χ0v) is 10.7. The van der Waals surface area contributed by atoms with Crippen LogP contribution >= 0.6 is 11.6 Å². The van der Waals surface area contributed by atoms with Crippen LogP contribution in [0.2, 0.25) is 5.02 Å². The quantitative estimate of drug-likeness (QED) is 0.748. The van der Waals surface area contributed by atoms with Gasteiger partial charge in [0.1, 0.15) is 5.54 Å². The Morgan fingerprint density at radius 3 is 2.88 bits per heavy atom. The van der Waals surface area contributed by atoms with Crippen molar-refractivity contribution in [2.45, 2.75) is 19.4 Å². The van der Waals surface area contributed by atoms with Crippen LogP contribution in [0.25, 0.3) is 0 Å². The Bertz CT molecular complexity index is 459. The fourth-order valence-electron chi connectivity index (χ4n) is 2.07. The summed E-state index contributed by atoms with van der Waals surface area (Å²) in [6, 6.07) is 5.31. The van der Waals surface area contributed by atoms with Crippen LogP contribution in [0, 0.1) is 0 Å². The number of halogens is 1. The van der Waals surface area contributed by atoms with E-state index in [9.17, 15) is 4.79 Å². The van der Waals surface area contributed by atoms with Gasteiger partial charge in [0.2, 0.25) is 5.91 Å². The van der Waals surface area contributed by atoms with Crippen molar-refractivity contribution in [2.24, 2.45) is 0 Å². The third-order valence-electron chi connectivity index (χ3n) is 3.13. The van der Waals surface area contributed by atoms with Crippen LogP contribution in [0.3, 0.4) is 0 Å². The molecule has 1 amide bonds. The minimum atomic E-state index is -0.614. The molecule has 1 aromatic carbocycles. The van der Waals surface area contributed by atoms with Crippen LogP contribution in [0.5, 0.6) is 0 Å². The molecule has 0 bridgehead atoms. The van der Waals surface area contributed by atoms with Gasteiger partial charge in [0.15, 0.2) is 0 Å². The Morgan fingerprint density at radius 1 is 1.47 bits per heavy atom. The summed E-state index contributed by atoms with van der Waals surface area (Å²) in [5.41, 5.74) is 6.79. The predicted octanol–water partition coefficient (Wildman–Crippen LogP) is 1.64. The summed E-state index contributed by atoms with van der Waals surface area (Å²) in [5.74, 6) is 0.00289. The number of amides is 1. The molecule has 0 unspecified atom stereocenters. The Hall–Kier alpha value is -1.42. The SMILES string of the molecule is CC1(C)C(=O)NCCN1c1cc(Cl)ccc1N. The van der Waals surface area contributed by atoms with Crippen LogP contribution in [0.1, 0.15) is 13.8 Å². The van der Waals surface area contributed by atoms with E-state index in [-0.39, 0.29) is 5.91 Å². The van der Waals surface area contributed by atoms with Crippen LogP contribution < -0.4 is 16.0 Å². The first-order chi connectivity index (χ1) is 7.93. The van der Waals surface area contributed by atoms with Crippen molar-refractivity contribution in [1.82, 2.24) is 5.32 Å². The molecule has 0 spiro atoms.